The number of ether oxygens (including phenoxy) is 14. The van der Waals surface area contributed by atoms with Gasteiger partial charge in [-0.3, -0.25) is 9.59 Å². The molecular formula is C61H84I2N2O18. The minimum Gasteiger partial charge on any atom is -1.00 e. The zero-order valence-corrected chi connectivity index (χ0v) is 54.8. The molecule has 0 fully saturated rings. The number of fused-ring (bicyclic) bond motifs is 2. The highest BCUT2D eigenvalue weighted by Crippen LogP contribution is 2.47. The third-order valence-corrected chi connectivity index (χ3v) is 15.7. The average Bonchev–Trinajstić information content (AvgIpc) is 3.61. The SMILES string of the molecule is COc1cc2c(cc1OC)C(Cc1cc(OC)c(OC)c(OC)c1)[N+](C)(CC(OC(C)=O)C(=O)OCCCCCCCOC(=O)C(C[N+]1(C)CCc3cc(OC)c(OC)cc3C1Cc1cc(OC)c(OC)c(OC)c1)OC(C)=O)CC2.[I-].[I-]. The van der Waals surface area contributed by atoms with Gasteiger partial charge in [0.25, 0.3) is 0 Å². The summed E-state index contributed by atoms with van der Waals surface area (Å²) >= 11 is 0. The number of quaternary nitrogens is 2. The molecule has 0 saturated heterocycles. The number of halogens is 2. The van der Waals surface area contributed by atoms with Gasteiger partial charge in [-0.2, -0.15) is 0 Å². The van der Waals surface area contributed by atoms with Crippen LogP contribution in [0.25, 0.3) is 0 Å². The maximum atomic E-state index is 13.9. The largest absolute Gasteiger partial charge is 1.00 e. The molecule has 0 aromatic heterocycles. The number of rotatable bonds is 30. The van der Waals surface area contributed by atoms with Crippen LogP contribution in [0.5, 0.6) is 57.5 Å². The first-order valence-electron chi connectivity index (χ1n) is 27.3. The summed E-state index contributed by atoms with van der Waals surface area (Å²) in [6.45, 7) is 4.32. The Bertz CT molecular complexity index is 2600. The molecule has 22 heteroatoms. The highest BCUT2D eigenvalue weighted by Gasteiger charge is 2.46. The van der Waals surface area contributed by atoms with Crippen LogP contribution in [-0.2, 0) is 63.8 Å². The number of unbranched alkanes of at least 4 members (excludes halogenated alkanes) is 4. The Balaban J connectivity index is 0.00000740. The van der Waals surface area contributed by atoms with Gasteiger partial charge >= 0.3 is 23.9 Å². The third-order valence-electron chi connectivity index (χ3n) is 15.7. The van der Waals surface area contributed by atoms with E-state index in [1.807, 2.05) is 48.5 Å². The van der Waals surface area contributed by atoms with Crippen LogP contribution in [0.3, 0.4) is 0 Å². The number of esters is 4. The molecule has 2 aliphatic rings. The van der Waals surface area contributed by atoms with Crippen LogP contribution in [0.4, 0.5) is 0 Å². The second kappa shape index (κ2) is 32.4. The van der Waals surface area contributed by atoms with Gasteiger partial charge < -0.3 is 123 Å². The third kappa shape index (κ3) is 17.2. The summed E-state index contributed by atoms with van der Waals surface area (Å²) in [4.78, 5) is 53.0. The van der Waals surface area contributed by atoms with Gasteiger partial charge in [0.05, 0.1) is 111 Å². The molecule has 0 N–H and O–H groups in total. The molecule has 0 amide bonds. The van der Waals surface area contributed by atoms with Crippen LogP contribution in [0.1, 0.15) is 91.4 Å². The molecular weight excluding hydrogens is 1300 g/mol. The number of hydrogen-bond donors (Lipinski definition) is 0. The topological polar surface area (TPSA) is 197 Å². The van der Waals surface area contributed by atoms with E-state index in [1.165, 1.54) is 13.8 Å². The summed E-state index contributed by atoms with van der Waals surface area (Å²) in [6.07, 6.45) is 3.28. The highest BCUT2D eigenvalue weighted by atomic mass is 127. The van der Waals surface area contributed by atoms with E-state index in [-0.39, 0.29) is 86.3 Å². The maximum Gasteiger partial charge on any atom is 0.353 e. The van der Waals surface area contributed by atoms with Crippen molar-refractivity contribution in [1.82, 2.24) is 0 Å². The first-order valence-corrected chi connectivity index (χ1v) is 27.3. The van der Waals surface area contributed by atoms with Gasteiger partial charge in [-0.25, -0.2) is 9.59 Å². The molecule has 4 aromatic rings. The quantitative estimate of drug-likeness (QED) is 0.0241. The van der Waals surface area contributed by atoms with E-state index in [0.29, 0.717) is 118 Å². The fourth-order valence-electron chi connectivity index (χ4n) is 11.5. The Morgan fingerprint density at radius 3 is 1.02 bits per heavy atom. The molecule has 0 radical (unpaired) electrons. The standard InChI is InChI=1S/C61H84N2O18.2HI/c1-38(64)80-56(36-62(3)22-20-42-32-48(68-5)50(70-7)34-44(42)46(62)26-40-28-52(72-9)58(76-13)53(29-40)73-10)60(66)78-24-18-16-15-17-19-25-79-61(67)57(81-39(2)65)37-63(4)23-21-43-33-49(69-6)51(71-8)35-45(43)47(63)27-41-30-54(74-11)59(77-14)55(31-41)75-12;;/h28-35,46-47,56-57H,15-27,36-37H2,1-14H3;2*1H/q+2;;/p-2. The fourth-order valence-corrected chi connectivity index (χ4v) is 11.5. The molecule has 4 aromatic carbocycles. The van der Waals surface area contributed by atoms with Crippen molar-refractivity contribution in [3.05, 3.63) is 81.9 Å². The molecule has 6 atom stereocenters. The van der Waals surface area contributed by atoms with Crippen LogP contribution in [0.15, 0.2) is 48.5 Å². The van der Waals surface area contributed by atoms with Gasteiger partial charge in [-0.05, 0) is 83.6 Å². The van der Waals surface area contributed by atoms with Crippen molar-refractivity contribution >= 4 is 23.9 Å². The number of carbonyl (C=O) groups is 4. The van der Waals surface area contributed by atoms with Gasteiger partial charge in [0.15, 0.2) is 46.0 Å². The second-order valence-corrected chi connectivity index (χ2v) is 20.9. The summed E-state index contributed by atoms with van der Waals surface area (Å²) in [5, 5.41) is 0. The van der Waals surface area contributed by atoms with Crippen LogP contribution < -0.4 is 95.3 Å². The van der Waals surface area contributed by atoms with Gasteiger partial charge in [0, 0.05) is 50.7 Å². The number of likely N-dealkylation sites (N-methyl/N-ethyl adjacent to an activating group) is 2. The van der Waals surface area contributed by atoms with E-state index in [4.69, 9.17) is 66.3 Å². The molecule has 2 aliphatic heterocycles. The minimum absolute atomic E-state index is 0. The lowest BCUT2D eigenvalue weighted by molar-refractivity contribution is -0.943. The number of hydrogen-bond acceptors (Lipinski definition) is 18. The predicted molar refractivity (Wildman–Crippen MR) is 300 cm³/mol. The number of nitrogens with zero attached hydrogens (tertiary/aromatic N) is 2. The molecule has 2 heterocycles. The van der Waals surface area contributed by atoms with Crippen molar-refractivity contribution in [1.29, 1.82) is 0 Å². The van der Waals surface area contributed by atoms with Crippen LogP contribution in [0, 0.1) is 0 Å². The Kier molecular flexibility index (Phi) is 27.2. The summed E-state index contributed by atoms with van der Waals surface area (Å²) in [6, 6.07) is 15.1. The fraction of sp³-hybridized carbons (Fsp3) is 0.541. The summed E-state index contributed by atoms with van der Waals surface area (Å²) in [5.74, 6) is 2.91. The van der Waals surface area contributed by atoms with E-state index < -0.39 is 36.1 Å². The maximum absolute atomic E-state index is 13.9. The Morgan fingerprint density at radius 2 is 0.735 bits per heavy atom. The van der Waals surface area contributed by atoms with Crippen LogP contribution in [-0.4, -0.2) is 170 Å². The van der Waals surface area contributed by atoms with Gasteiger partial charge in [-0.1, -0.05) is 19.3 Å². The van der Waals surface area contributed by atoms with E-state index in [2.05, 4.69) is 14.1 Å². The molecule has 0 spiro atoms. The van der Waals surface area contributed by atoms with E-state index in [9.17, 15) is 19.2 Å². The van der Waals surface area contributed by atoms with Crippen LogP contribution >= 0.6 is 0 Å². The van der Waals surface area contributed by atoms with E-state index in [1.54, 1.807) is 71.1 Å². The Morgan fingerprint density at radius 1 is 0.434 bits per heavy atom. The Hall–Kier alpha value is -5.86. The van der Waals surface area contributed by atoms with E-state index >= 15 is 0 Å². The molecule has 83 heavy (non-hydrogen) atoms. The molecule has 0 saturated carbocycles. The van der Waals surface area contributed by atoms with Crippen molar-refractivity contribution in [2.75, 3.05) is 125 Å². The summed E-state index contributed by atoms with van der Waals surface area (Å²) in [7, 11) is 19.9. The lowest BCUT2D eigenvalue weighted by Crippen LogP contribution is -3.00. The lowest BCUT2D eigenvalue weighted by Gasteiger charge is -2.46. The van der Waals surface area contributed by atoms with Gasteiger partial charge in [0.2, 0.25) is 23.7 Å². The van der Waals surface area contributed by atoms with Crippen molar-refractivity contribution in [3.8, 4) is 57.5 Å². The molecule has 460 valence electrons. The van der Waals surface area contributed by atoms with Crippen LogP contribution in [0.2, 0.25) is 0 Å². The van der Waals surface area contributed by atoms with Gasteiger partial charge in [-0.15, -0.1) is 0 Å². The molecule has 0 bridgehead atoms. The highest BCUT2D eigenvalue weighted by molar-refractivity contribution is 5.79. The normalized spacial score (nSPS) is 18.3. The number of carbonyl (C=O) groups excluding carboxylic acids is 4. The monoisotopic (exact) mass is 1390 g/mol. The minimum atomic E-state index is -1.18. The molecule has 6 rings (SSSR count). The first-order chi connectivity index (χ1) is 38.9. The molecule has 20 nitrogen and oxygen atoms in total. The second-order valence-electron chi connectivity index (χ2n) is 20.9. The summed E-state index contributed by atoms with van der Waals surface area (Å²) in [5.41, 5.74) is 5.97. The zero-order valence-electron chi connectivity index (χ0n) is 50.5. The summed E-state index contributed by atoms with van der Waals surface area (Å²) < 4.78 is 80.7. The van der Waals surface area contributed by atoms with Crippen molar-refractivity contribution in [2.45, 2.75) is 95.9 Å². The van der Waals surface area contributed by atoms with Crippen molar-refractivity contribution < 1.29 is 142 Å². The molecule has 0 aliphatic carbocycles. The lowest BCUT2D eigenvalue weighted by atomic mass is 9.85. The number of methoxy groups -OCH3 is 10. The number of benzene rings is 4. The average molecular weight is 1390 g/mol. The Labute approximate surface area is 523 Å². The smallest absolute Gasteiger partial charge is 0.353 e. The van der Waals surface area contributed by atoms with Gasteiger partial charge in [0.1, 0.15) is 25.2 Å². The molecule has 6 unspecified atom stereocenters. The predicted octanol–water partition coefficient (Wildman–Crippen LogP) is 1.95. The van der Waals surface area contributed by atoms with Crippen molar-refractivity contribution in [3.63, 3.8) is 0 Å². The first kappa shape index (κ1) is 69.6. The van der Waals surface area contributed by atoms with Crippen molar-refractivity contribution in [2.24, 2.45) is 0 Å². The van der Waals surface area contributed by atoms with E-state index in [0.717, 1.165) is 52.6 Å². The zero-order chi connectivity index (χ0) is 59.0.